The molecule has 4 nitrogen and oxygen atoms in total. The second-order valence-corrected chi connectivity index (χ2v) is 8.51. The molecule has 0 spiro atoms. The van der Waals surface area contributed by atoms with Crippen LogP contribution in [0.25, 0.3) is 28.0 Å². The molecular weight excluding hydrogens is 392 g/mol. The lowest BCUT2D eigenvalue weighted by molar-refractivity contribution is 0.461. The summed E-state index contributed by atoms with van der Waals surface area (Å²) in [6, 6.07) is 20.9. The van der Waals surface area contributed by atoms with Crippen LogP contribution in [0.1, 0.15) is 37.8 Å². The molecule has 0 atom stereocenters. The van der Waals surface area contributed by atoms with Crippen molar-refractivity contribution in [3.05, 3.63) is 71.4 Å². The van der Waals surface area contributed by atoms with Gasteiger partial charge in [-0.25, -0.2) is 4.98 Å². The van der Waals surface area contributed by atoms with Gasteiger partial charge in [0.1, 0.15) is 5.82 Å². The minimum Gasteiger partial charge on any atom is -0.367 e. The lowest BCUT2D eigenvalue weighted by Crippen LogP contribution is -2.24. The molecule has 30 heavy (non-hydrogen) atoms. The van der Waals surface area contributed by atoms with Gasteiger partial charge in [-0.1, -0.05) is 73.3 Å². The third kappa shape index (κ3) is 3.68. The Hall–Kier alpha value is -2.85. The van der Waals surface area contributed by atoms with E-state index in [1.807, 2.05) is 41.8 Å². The molecule has 2 aromatic carbocycles. The van der Waals surface area contributed by atoms with Crippen LogP contribution >= 0.6 is 11.6 Å². The van der Waals surface area contributed by atoms with Gasteiger partial charge in [-0.3, -0.25) is 0 Å². The average molecular weight is 417 g/mol. The summed E-state index contributed by atoms with van der Waals surface area (Å²) in [5.74, 6) is 1.01. The Labute approximate surface area is 181 Å². The Kier molecular flexibility index (Phi) is 5.17. The number of hydrogen-bond acceptors (Lipinski definition) is 3. The fraction of sp³-hybridized carbons (Fsp3) is 0.280. The molecule has 1 N–H and O–H groups in total. The van der Waals surface area contributed by atoms with E-state index in [2.05, 4.69) is 35.6 Å². The van der Waals surface area contributed by atoms with Crippen molar-refractivity contribution in [2.45, 2.75) is 45.1 Å². The minimum atomic E-state index is 0.483. The molecule has 0 amide bonds. The topological polar surface area (TPSA) is 42.2 Å². The zero-order valence-corrected chi connectivity index (χ0v) is 17.9. The number of aromatic nitrogens is 3. The van der Waals surface area contributed by atoms with Crippen LogP contribution in [0.5, 0.6) is 0 Å². The molecule has 4 aromatic rings. The Morgan fingerprint density at radius 1 is 0.933 bits per heavy atom. The standard InChI is InChI=1S/C25H25ClN4/c1-17-24(19-12-14-20(26)15-13-19)25-28-22(18-8-4-2-5-9-18)16-23(30(25)29-17)27-21-10-6-3-7-11-21/h2,4-5,8-9,12-16,21,27H,3,6-7,10-11H2,1H3. The molecule has 1 saturated carbocycles. The van der Waals surface area contributed by atoms with Crippen LogP contribution in [0.2, 0.25) is 5.02 Å². The number of rotatable bonds is 4. The number of nitrogens with zero attached hydrogens (tertiary/aromatic N) is 3. The maximum absolute atomic E-state index is 6.12. The zero-order chi connectivity index (χ0) is 20.5. The highest BCUT2D eigenvalue weighted by atomic mass is 35.5. The lowest BCUT2D eigenvalue weighted by atomic mass is 9.95. The smallest absolute Gasteiger partial charge is 0.166 e. The van der Waals surface area contributed by atoms with E-state index in [-0.39, 0.29) is 0 Å². The Morgan fingerprint density at radius 3 is 2.40 bits per heavy atom. The number of aryl methyl sites for hydroxylation is 1. The first-order chi connectivity index (χ1) is 14.7. The maximum Gasteiger partial charge on any atom is 0.166 e. The molecule has 0 unspecified atom stereocenters. The van der Waals surface area contributed by atoms with Crippen LogP contribution in [-0.4, -0.2) is 20.6 Å². The highest BCUT2D eigenvalue weighted by Gasteiger charge is 2.20. The Morgan fingerprint density at radius 2 is 1.67 bits per heavy atom. The van der Waals surface area contributed by atoms with Crippen molar-refractivity contribution >= 4 is 23.1 Å². The van der Waals surface area contributed by atoms with E-state index in [1.165, 1.54) is 32.1 Å². The van der Waals surface area contributed by atoms with Crippen LogP contribution in [0, 0.1) is 6.92 Å². The molecule has 0 radical (unpaired) electrons. The predicted octanol–water partition coefficient (Wildman–Crippen LogP) is 6.77. The van der Waals surface area contributed by atoms with Crippen molar-refractivity contribution in [2.75, 3.05) is 5.32 Å². The first-order valence-electron chi connectivity index (χ1n) is 10.7. The second-order valence-electron chi connectivity index (χ2n) is 8.07. The van der Waals surface area contributed by atoms with Gasteiger partial charge in [0.25, 0.3) is 0 Å². The fourth-order valence-electron chi connectivity index (χ4n) is 4.39. The van der Waals surface area contributed by atoms with Gasteiger partial charge in [-0.15, -0.1) is 0 Å². The number of fused-ring (bicyclic) bond motifs is 1. The van der Waals surface area contributed by atoms with Gasteiger partial charge >= 0.3 is 0 Å². The maximum atomic E-state index is 6.12. The van der Waals surface area contributed by atoms with Crippen LogP contribution in [0.3, 0.4) is 0 Å². The van der Waals surface area contributed by atoms with E-state index in [1.54, 1.807) is 0 Å². The minimum absolute atomic E-state index is 0.483. The SMILES string of the molecule is Cc1nn2c(NC3CCCCC3)cc(-c3ccccc3)nc2c1-c1ccc(Cl)cc1. The van der Waals surface area contributed by atoms with Crippen LogP contribution in [0.15, 0.2) is 60.7 Å². The zero-order valence-electron chi connectivity index (χ0n) is 17.1. The van der Waals surface area contributed by atoms with E-state index in [4.69, 9.17) is 21.7 Å². The van der Waals surface area contributed by atoms with Crippen molar-refractivity contribution in [1.29, 1.82) is 0 Å². The lowest BCUT2D eigenvalue weighted by Gasteiger charge is -2.24. The van der Waals surface area contributed by atoms with Crippen LogP contribution in [0.4, 0.5) is 5.82 Å². The van der Waals surface area contributed by atoms with E-state index in [0.717, 1.165) is 44.6 Å². The highest BCUT2D eigenvalue weighted by molar-refractivity contribution is 6.30. The van der Waals surface area contributed by atoms with E-state index in [9.17, 15) is 0 Å². The Bertz CT molecular complexity index is 1160. The van der Waals surface area contributed by atoms with E-state index >= 15 is 0 Å². The van der Waals surface area contributed by atoms with Gasteiger partial charge in [0.05, 0.1) is 11.4 Å². The second kappa shape index (κ2) is 8.11. The van der Waals surface area contributed by atoms with Gasteiger partial charge in [0, 0.05) is 28.3 Å². The van der Waals surface area contributed by atoms with Crippen molar-refractivity contribution in [2.24, 2.45) is 0 Å². The molecule has 0 bridgehead atoms. The number of nitrogens with one attached hydrogen (secondary N) is 1. The summed E-state index contributed by atoms with van der Waals surface area (Å²) in [4.78, 5) is 5.05. The van der Waals surface area contributed by atoms with E-state index < -0.39 is 0 Å². The van der Waals surface area contributed by atoms with Crippen molar-refractivity contribution in [3.8, 4) is 22.4 Å². The first-order valence-corrected chi connectivity index (χ1v) is 11.0. The average Bonchev–Trinajstić information content (AvgIpc) is 3.12. The summed E-state index contributed by atoms with van der Waals surface area (Å²) < 4.78 is 1.97. The number of halogens is 1. The summed E-state index contributed by atoms with van der Waals surface area (Å²) in [6.45, 7) is 2.05. The quantitative estimate of drug-likeness (QED) is 0.399. The molecule has 2 heterocycles. The molecule has 0 saturated heterocycles. The van der Waals surface area contributed by atoms with Crippen molar-refractivity contribution < 1.29 is 0 Å². The summed E-state index contributed by atoms with van der Waals surface area (Å²) in [5.41, 5.74) is 6.02. The fourth-order valence-corrected chi connectivity index (χ4v) is 4.52. The summed E-state index contributed by atoms with van der Waals surface area (Å²) in [7, 11) is 0. The first kappa shape index (κ1) is 19.1. The van der Waals surface area contributed by atoms with E-state index in [0.29, 0.717) is 6.04 Å². The summed E-state index contributed by atoms with van der Waals surface area (Å²) >= 11 is 6.12. The van der Waals surface area contributed by atoms with Gasteiger partial charge in [0.15, 0.2) is 5.65 Å². The van der Waals surface area contributed by atoms with Gasteiger partial charge in [-0.2, -0.15) is 9.61 Å². The molecular formula is C25H25ClN4. The molecule has 2 aromatic heterocycles. The van der Waals surface area contributed by atoms with Crippen molar-refractivity contribution in [1.82, 2.24) is 14.6 Å². The van der Waals surface area contributed by atoms with Gasteiger partial charge in [-0.05, 0) is 37.5 Å². The number of hydrogen-bond donors (Lipinski definition) is 1. The third-order valence-electron chi connectivity index (χ3n) is 5.92. The normalized spacial score (nSPS) is 14.9. The molecule has 1 aliphatic carbocycles. The van der Waals surface area contributed by atoms with Crippen LogP contribution in [-0.2, 0) is 0 Å². The molecule has 1 aliphatic rings. The van der Waals surface area contributed by atoms with Gasteiger partial charge < -0.3 is 5.32 Å². The Balaban J connectivity index is 1.69. The molecule has 0 aliphatic heterocycles. The third-order valence-corrected chi connectivity index (χ3v) is 6.18. The number of benzene rings is 2. The molecule has 5 heteroatoms. The largest absolute Gasteiger partial charge is 0.367 e. The molecule has 152 valence electrons. The monoisotopic (exact) mass is 416 g/mol. The number of anilines is 1. The summed E-state index contributed by atoms with van der Waals surface area (Å²) in [6.07, 6.45) is 6.31. The van der Waals surface area contributed by atoms with Gasteiger partial charge in [0.2, 0.25) is 0 Å². The molecule has 5 rings (SSSR count). The molecule has 1 fully saturated rings. The summed E-state index contributed by atoms with van der Waals surface area (Å²) in [5, 5.41) is 9.37. The van der Waals surface area contributed by atoms with Crippen LogP contribution < -0.4 is 5.32 Å². The predicted molar refractivity (Wildman–Crippen MR) is 124 cm³/mol. The van der Waals surface area contributed by atoms with Crippen molar-refractivity contribution in [3.63, 3.8) is 0 Å². The highest BCUT2D eigenvalue weighted by Crippen LogP contribution is 2.33.